The Balaban J connectivity index is 1.92. The molecule has 1 saturated heterocycles. The average molecular weight is 265 g/mol. The standard InChI is InChI=1S/C13H23N5O/c1-9-5-10(2)15-13(14-9)18(3)7-11-6-12(8-19-4)17-16-11/h5,11-12,16-17H,6-8H2,1-4H3. The molecular weight excluding hydrogens is 242 g/mol. The van der Waals surface area contributed by atoms with Crippen molar-refractivity contribution in [1.29, 1.82) is 0 Å². The fourth-order valence-electron chi connectivity index (χ4n) is 2.42. The summed E-state index contributed by atoms with van der Waals surface area (Å²) in [5.41, 5.74) is 8.55. The van der Waals surface area contributed by atoms with Crippen LogP contribution in [0.25, 0.3) is 0 Å². The number of likely N-dealkylation sites (N-methyl/N-ethyl adjacent to an activating group) is 1. The van der Waals surface area contributed by atoms with Crippen LogP contribution >= 0.6 is 0 Å². The molecule has 1 fully saturated rings. The SMILES string of the molecule is COCC1CC(CN(C)c2nc(C)cc(C)n2)NN1. The van der Waals surface area contributed by atoms with E-state index in [0.717, 1.165) is 36.9 Å². The molecule has 6 heteroatoms. The molecule has 2 rings (SSSR count). The molecule has 2 atom stereocenters. The van der Waals surface area contributed by atoms with Crippen LogP contribution in [0.15, 0.2) is 6.07 Å². The summed E-state index contributed by atoms with van der Waals surface area (Å²) >= 11 is 0. The summed E-state index contributed by atoms with van der Waals surface area (Å²) in [6, 6.07) is 2.75. The third-order valence-electron chi connectivity index (χ3n) is 3.23. The maximum absolute atomic E-state index is 5.15. The Labute approximate surface area is 114 Å². The van der Waals surface area contributed by atoms with Crippen LogP contribution in [0.1, 0.15) is 17.8 Å². The van der Waals surface area contributed by atoms with Gasteiger partial charge in [0.15, 0.2) is 0 Å². The Morgan fingerprint density at radius 3 is 2.53 bits per heavy atom. The Bertz CT molecular complexity index is 405. The van der Waals surface area contributed by atoms with Gasteiger partial charge in [-0.15, -0.1) is 0 Å². The van der Waals surface area contributed by atoms with E-state index in [2.05, 4.69) is 25.7 Å². The van der Waals surface area contributed by atoms with E-state index in [0.29, 0.717) is 12.1 Å². The van der Waals surface area contributed by atoms with E-state index in [1.165, 1.54) is 0 Å². The molecule has 1 aliphatic rings. The molecule has 0 saturated carbocycles. The molecule has 1 aromatic heterocycles. The summed E-state index contributed by atoms with van der Waals surface area (Å²) in [4.78, 5) is 11.0. The summed E-state index contributed by atoms with van der Waals surface area (Å²) in [5.74, 6) is 0.787. The van der Waals surface area contributed by atoms with Crippen molar-refractivity contribution in [2.45, 2.75) is 32.4 Å². The topological polar surface area (TPSA) is 62.3 Å². The summed E-state index contributed by atoms with van der Waals surface area (Å²) in [7, 11) is 3.75. The van der Waals surface area contributed by atoms with Crippen LogP contribution in [0.2, 0.25) is 0 Å². The summed E-state index contributed by atoms with van der Waals surface area (Å²) in [6.45, 7) is 5.59. The minimum Gasteiger partial charge on any atom is -0.383 e. The van der Waals surface area contributed by atoms with Gasteiger partial charge in [0.25, 0.3) is 0 Å². The van der Waals surface area contributed by atoms with Gasteiger partial charge in [-0.3, -0.25) is 10.9 Å². The maximum Gasteiger partial charge on any atom is 0.225 e. The van der Waals surface area contributed by atoms with Crippen LogP contribution in [0, 0.1) is 13.8 Å². The van der Waals surface area contributed by atoms with Gasteiger partial charge in [-0.2, -0.15) is 0 Å². The van der Waals surface area contributed by atoms with Crippen molar-refractivity contribution in [1.82, 2.24) is 20.8 Å². The van der Waals surface area contributed by atoms with Crippen LogP contribution in [-0.4, -0.2) is 49.4 Å². The van der Waals surface area contributed by atoms with Crippen molar-refractivity contribution in [2.24, 2.45) is 0 Å². The third kappa shape index (κ3) is 3.86. The number of hydrazine groups is 1. The fourth-order valence-corrected chi connectivity index (χ4v) is 2.42. The first-order chi connectivity index (χ1) is 9.08. The Hall–Kier alpha value is -1.24. The quantitative estimate of drug-likeness (QED) is 0.804. The number of methoxy groups -OCH3 is 1. The summed E-state index contributed by atoms with van der Waals surface area (Å²) in [6.07, 6.45) is 1.04. The number of anilines is 1. The number of rotatable bonds is 5. The van der Waals surface area contributed by atoms with E-state index in [4.69, 9.17) is 4.74 Å². The van der Waals surface area contributed by atoms with E-state index in [1.54, 1.807) is 7.11 Å². The summed E-state index contributed by atoms with van der Waals surface area (Å²) in [5, 5.41) is 0. The third-order valence-corrected chi connectivity index (χ3v) is 3.23. The lowest BCUT2D eigenvalue weighted by Gasteiger charge is -2.21. The number of aromatic nitrogens is 2. The van der Waals surface area contributed by atoms with Crippen LogP contribution in [0.3, 0.4) is 0 Å². The number of nitrogens with one attached hydrogen (secondary N) is 2. The second-order valence-corrected chi connectivity index (χ2v) is 5.20. The molecule has 0 radical (unpaired) electrons. The second-order valence-electron chi connectivity index (χ2n) is 5.20. The first-order valence-electron chi connectivity index (χ1n) is 6.62. The number of hydrogen-bond acceptors (Lipinski definition) is 6. The van der Waals surface area contributed by atoms with Gasteiger partial charge < -0.3 is 9.64 Å². The maximum atomic E-state index is 5.15. The molecule has 0 amide bonds. The van der Waals surface area contributed by atoms with Crippen molar-refractivity contribution in [3.05, 3.63) is 17.5 Å². The Morgan fingerprint density at radius 1 is 1.26 bits per heavy atom. The van der Waals surface area contributed by atoms with Gasteiger partial charge in [0.2, 0.25) is 5.95 Å². The smallest absolute Gasteiger partial charge is 0.225 e. The number of ether oxygens (including phenoxy) is 1. The molecule has 19 heavy (non-hydrogen) atoms. The van der Waals surface area contributed by atoms with Crippen molar-refractivity contribution in [3.63, 3.8) is 0 Å². The first kappa shape index (κ1) is 14.2. The Kier molecular flexibility index (Phi) is 4.68. The molecule has 0 spiro atoms. The van der Waals surface area contributed by atoms with E-state index in [-0.39, 0.29) is 0 Å². The highest BCUT2D eigenvalue weighted by Gasteiger charge is 2.25. The molecule has 1 aromatic rings. The van der Waals surface area contributed by atoms with Crippen molar-refractivity contribution >= 4 is 5.95 Å². The van der Waals surface area contributed by atoms with Gasteiger partial charge in [-0.25, -0.2) is 9.97 Å². The lowest BCUT2D eigenvalue weighted by atomic mass is 10.1. The zero-order chi connectivity index (χ0) is 13.8. The van der Waals surface area contributed by atoms with Gasteiger partial charge in [-0.1, -0.05) is 0 Å². The normalized spacial score (nSPS) is 22.7. The lowest BCUT2D eigenvalue weighted by Crippen LogP contribution is -2.40. The molecule has 1 aliphatic heterocycles. The van der Waals surface area contributed by atoms with Crippen LogP contribution in [-0.2, 0) is 4.74 Å². The van der Waals surface area contributed by atoms with Gasteiger partial charge in [-0.05, 0) is 26.3 Å². The number of hydrogen-bond donors (Lipinski definition) is 2. The molecule has 0 aromatic carbocycles. The van der Waals surface area contributed by atoms with E-state index in [1.807, 2.05) is 27.0 Å². The highest BCUT2D eigenvalue weighted by atomic mass is 16.5. The molecule has 6 nitrogen and oxygen atoms in total. The van der Waals surface area contributed by atoms with Gasteiger partial charge in [0, 0.05) is 44.2 Å². The van der Waals surface area contributed by atoms with E-state index in [9.17, 15) is 0 Å². The molecule has 2 unspecified atom stereocenters. The lowest BCUT2D eigenvalue weighted by molar-refractivity contribution is 0.171. The van der Waals surface area contributed by atoms with Gasteiger partial charge in [0.1, 0.15) is 0 Å². The van der Waals surface area contributed by atoms with Crippen LogP contribution in [0.5, 0.6) is 0 Å². The predicted octanol–water partition coefficient (Wildman–Crippen LogP) is 0.411. The molecule has 2 heterocycles. The zero-order valence-electron chi connectivity index (χ0n) is 12.1. The first-order valence-corrected chi connectivity index (χ1v) is 6.62. The predicted molar refractivity (Wildman–Crippen MR) is 75.1 cm³/mol. The van der Waals surface area contributed by atoms with Crippen LogP contribution in [0.4, 0.5) is 5.95 Å². The summed E-state index contributed by atoms with van der Waals surface area (Å²) < 4.78 is 5.15. The van der Waals surface area contributed by atoms with Gasteiger partial charge >= 0.3 is 0 Å². The molecule has 0 aliphatic carbocycles. The minimum absolute atomic E-state index is 0.378. The van der Waals surface area contributed by atoms with Crippen molar-refractivity contribution in [3.8, 4) is 0 Å². The largest absolute Gasteiger partial charge is 0.383 e. The molecular formula is C13H23N5O. The monoisotopic (exact) mass is 265 g/mol. The minimum atomic E-state index is 0.378. The zero-order valence-corrected chi connectivity index (χ0v) is 12.1. The van der Waals surface area contributed by atoms with Crippen molar-refractivity contribution < 1.29 is 4.74 Å². The number of nitrogens with zero attached hydrogens (tertiary/aromatic N) is 3. The fraction of sp³-hybridized carbons (Fsp3) is 0.692. The molecule has 2 N–H and O–H groups in total. The van der Waals surface area contributed by atoms with Crippen LogP contribution < -0.4 is 15.8 Å². The number of aryl methyl sites for hydroxylation is 2. The second kappa shape index (κ2) is 6.27. The van der Waals surface area contributed by atoms with Crippen molar-refractivity contribution in [2.75, 3.05) is 32.2 Å². The highest BCUT2D eigenvalue weighted by molar-refractivity contribution is 5.31. The molecule has 0 bridgehead atoms. The van der Waals surface area contributed by atoms with Gasteiger partial charge in [0.05, 0.1) is 6.61 Å². The Morgan fingerprint density at radius 2 is 1.89 bits per heavy atom. The average Bonchev–Trinajstić information content (AvgIpc) is 2.76. The van der Waals surface area contributed by atoms with E-state index < -0.39 is 0 Å². The van der Waals surface area contributed by atoms with E-state index >= 15 is 0 Å². The highest BCUT2D eigenvalue weighted by Crippen LogP contribution is 2.12. The molecule has 106 valence electrons.